The van der Waals surface area contributed by atoms with Crippen LogP contribution in [-0.2, 0) is 11.3 Å². The van der Waals surface area contributed by atoms with Crippen molar-refractivity contribution in [2.24, 2.45) is 5.92 Å². The van der Waals surface area contributed by atoms with E-state index in [1.54, 1.807) is 11.3 Å². The van der Waals surface area contributed by atoms with Crippen molar-refractivity contribution in [1.29, 1.82) is 0 Å². The predicted molar refractivity (Wildman–Crippen MR) is 94.6 cm³/mol. The number of hydrogen-bond donors (Lipinski definition) is 2. The van der Waals surface area contributed by atoms with E-state index in [-0.39, 0.29) is 5.91 Å². The van der Waals surface area contributed by atoms with E-state index in [0.29, 0.717) is 18.5 Å². The summed E-state index contributed by atoms with van der Waals surface area (Å²) in [6.45, 7) is 3.56. The lowest BCUT2D eigenvalue weighted by Crippen LogP contribution is -3.09. The van der Waals surface area contributed by atoms with Gasteiger partial charge < -0.3 is 10.2 Å². The second-order valence-electron chi connectivity index (χ2n) is 6.82. The van der Waals surface area contributed by atoms with E-state index in [1.165, 1.54) is 28.9 Å². The Labute approximate surface area is 141 Å². The summed E-state index contributed by atoms with van der Waals surface area (Å²) in [7, 11) is 2.07. The molecule has 2 aromatic rings. The number of likely N-dealkylation sites (N-methyl/N-ethyl adjacent to an activating group) is 1. The quantitative estimate of drug-likeness (QED) is 0.880. The summed E-state index contributed by atoms with van der Waals surface area (Å²) in [6.07, 6.45) is 4.91. The summed E-state index contributed by atoms with van der Waals surface area (Å²) < 4.78 is 1.22. The predicted octanol–water partition coefficient (Wildman–Crippen LogP) is 2.01. The molecule has 3 rings (SSSR count). The van der Waals surface area contributed by atoms with Crippen LogP contribution in [0.4, 0.5) is 0 Å². The number of aromatic nitrogens is 1. The zero-order valence-electron chi connectivity index (χ0n) is 14.0. The van der Waals surface area contributed by atoms with Gasteiger partial charge in [-0.15, -0.1) is 11.3 Å². The maximum Gasteiger partial charge on any atom is 0.275 e. The number of para-hydroxylation sites is 1. The molecule has 1 amide bonds. The van der Waals surface area contributed by atoms with E-state index < -0.39 is 0 Å². The lowest BCUT2D eigenvalue weighted by atomic mass is 9.86. The van der Waals surface area contributed by atoms with Gasteiger partial charge >= 0.3 is 0 Å². The van der Waals surface area contributed by atoms with Crippen LogP contribution < -0.4 is 10.2 Å². The molecule has 0 saturated heterocycles. The van der Waals surface area contributed by atoms with E-state index in [2.05, 4.69) is 30.3 Å². The number of nitrogens with one attached hydrogen (secondary N) is 2. The van der Waals surface area contributed by atoms with Crippen LogP contribution in [0.1, 0.15) is 37.6 Å². The van der Waals surface area contributed by atoms with E-state index in [1.807, 2.05) is 18.2 Å². The number of benzene rings is 1. The molecule has 124 valence electrons. The first-order valence-electron chi connectivity index (χ1n) is 8.57. The van der Waals surface area contributed by atoms with Gasteiger partial charge in [-0.25, -0.2) is 4.98 Å². The third-order valence-electron chi connectivity index (χ3n) is 4.71. The number of thiazole rings is 1. The lowest BCUT2D eigenvalue weighted by Gasteiger charge is -2.29. The summed E-state index contributed by atoms with van der Waals surface area (Å²) in [6, 6.07) is 8.57. The molecule has 3 atom stereocenters. The standard InChI is InChI=1S/C18H25N3OS/c1-13-7-3-4-8-14(13)19-17(22)11-21(2)12-18-20-15-9-5-6-10-16(15)23-18/h5-6,9-10,13-14H,3-4,7-8,11-12H2,1-2H3,(H,19,22)/p+1/t13-,14+/m1/s1. The lowest BCUT2D eigenvalue weighted by molar-refractivity contribution is -0.885. The third-order valence-corrected chi connectivity index (χ3v) is 5.75. The van der Waals surface area contributed by atoms with Crippen molar-refractivity contribution in [2.75, 3.05) is 13.6 Å². The van der Waals surface area contributed by atoms with Gasteiger partial charge in [-0.2, -0.15) is 0 Å². The van der Waals surface area contributed by atoms with Gasteiger partial charge in [0.15, 0.2) is 6.54 Å². The van der Waals surface area contributed by atoms with E-state index in [4.69, 9.17) is 0 Å². The van der Waals surface area contributed by atoms with Crippen LogP contribution in [0.25, 0.3) is 10.2 Å². The van der Waals surface area contributed by atoms with Crippen molar-refractivity contribution in [3.63, 3.8) is 0 Å². The molecule has 1 aromatic carbocycles. The molecule has 4 nitrogen and oxygen atoms in total. The molecular formula is C18H26N3OS+. The number of nitrogens with zero attached hydrogens (tertiary/aromatic N) is 1. The Hall–Kier alpha value is -1.46. The molecule has 0 aliphatic heterocycles. The highest BCUT2D eigenvalue weighted by Gasteiger charge is 2.24. The summed E-state index contributed by atoms with van der Waals surface area (Å²) in [4.78, 5) is 18.1. The maximum atomic E-state index is 12.3. The molecular weight excluding hydrogens is 306 g/mol. The second-order valence-corrected chi connectivity index (χ2v) is 7.94. The van der Waals surface area contributed by atoms with Crippen molar-refractivity contribution in [1.82, 2.24) is 10.3 Å². The first-order chi connectivity index (χ1) is 11.1. The van der Waals surface area contributed by atoms with Crippen molar-refractivity contribution < 1.29 is 9.69 Å². The molecule has 23 heavy (non-hydrogen) atoms. The fraction of sp³-hybridized carbons (Fsp3) is 0.556. The molecule has 1 fully saturated rings. The van der Waals surface area contributed by atoms with Crippen molar-refractivity contribution >= 4 is 27.5 Å². The van der Waals surface area contributed by atoms with Crippen molar-refractivity contribution in [2.45, 2.75) is 45.2 Å². The van der Waals surface area contributed by atoms with Crippen LogP contribution in [0.2, 0.25) is 0 Å². The van der Waals surface area contributed by atoms with Crippen LogP contribution in [0.3, 0.4) is 0 Å². The van der Waals surface area contributed by atoms with Gasteiger partial charge in [0, 0.05) is 6.04 Å². The molecule has 0 spiro atoms. The zero-order chi connectivity index (χ0) is 16.2. The molecule has 1 aliphatic carbocycles. The van der Waals surface area contributed by atoms with E-state index in [9.17, 15) is 4.79 Å². The number of fused-ring (bicyclic) bond motifs is 1. The highest BCUT2D eigenvalue weighted by Crippen LogP contribution is 2.23. The second kappa shape index (κ2) is 7.41. The highest BCUT2D eigenvalue weighted by molar-refractivity contribution is 7.18. The van der Waals surface area contributed by atoms with Gasteiger partial charge in [-0.05, 0) is 30.9 Å². The first kappa shape index (κ1) is 16.4. The van der Waals surface area contributed by atoms with Crippen LogP contribution in [0, 0.1) is 5.92 Å². The number of carbonyl (C=O) groups excluding carboxylic acids is 1. The smallest absolute Gasteiger partial charge is 0.275 e. The van der Waals surface area contributed by atoms with Crippen LogP contribution >= 0.6 is 11.3 Å². The minimum Gasteiger partial charge on any atom is -0.348 e. The molecule has 0 radical (unpaired) electrons. The third kappa shape index (κ3) is 4.30. The molecule has 1 heterocycles. The molecule has 0 bridgehead atoms. The molecule has 5 heteroatoms. The largest absolute Gasteiger partial charge is 0.348 e. The SMILES string of the molecule is C[C@@H]1CCCC[C@@H]1NC(=O)C[NH+](C)Cc1nc2ccccc2s1. The molecule has 1 aliphatic rings. The summed E-state index contributed by atoms with van der Waals surface area (Å²) in [5.74, 6) is 0.777. The topological polar surface area (TPSA) is 46.4 Å². The van der Waals surface area contributed by atoms with Gasteiger partial charge in [-0.1, -0.05) is 31.9 Å². The Morgan fingerprint density at radius 3 is 2.91 bits per heavy atom. The minimum absolute atomic E-state index is 0.169. The van der Waals surface area contributed by atoms with Gasteiger partial charge in [0.2, 0.25) is 0 Å². The average molecular weight is 332 g/mol. The zero-order valence-corrected chi connectivity index (χ0v) is 14.8. The van der Waals surface area contributed by atoms with Gasteiger partial charge in [-0.3, -0.25) is 4.79 Å². The number of rotatable bonds is 5. The number of amides is 1. The average Bonchev–Trinajstić information content (AvgIpc) is 2.91. The number of hydrogen-bond acceptors (Lipinski definition) is 3. The fourth-order valence-corrected chi connectivity index (χ4v) is 4.46. The van der Waals surface area contributed by atoms with Gasteiger partial charge in [0.25, 0.3) is 5.91 Å². The van der Waals surface area contributed by atoms with Gasteiger partial charge in [0.1, 0.15) is 11.6 Å². The summed E-state index contributed by atoms with van der Waals surface area (Å²) >= 11 is 1.73. The Bertz CT molecular complexity index is 636. The molecule has 1 saturated carbocycles. The van der Waals surface area contributed by atoms with Crippen LogP contribution in [-0.4, -0.2) is 30.5 Å². The van der Waals surface area contributed by atoms with Crippen molar-refractivity contribution in [3.8, 4) is 0 Å². The van der Waals surface area contributed by atoms with Crippen LogP contribution in [0.15, 0.2) is 24.3 Å². The fourth-order valence-electron chi connectivity index (χ4n) is 3.38. The van der Waals surface area contributed by atoms with E-state index >= 15 is 0 Å². The molecule has 1 aromatic heterocycles. The number of carbonyl (C=O) groups is 1. The first-order valence-corrected chi connectivity index (χ1v) is 9.38. The van der Waals surface area contributed by atoms with E-state index in [0.717, 1.165) is 23.5 Å². The van der Waals surface area contributed by atoms with Crippen molar-refractivity contribution in [3.05, 3.63) is 29.3 Å². The summed E-state index contributed by atoms with van der Waals surface area (Å²) in [5.41, 5.74) is 1.06. The normalized spacial score (nSPS) is 22.9. The summed E-state index contributed by atoms with van der Waals surface area (Å²) in [5, 5.41) is 4.33. The minimum atomic E-state index is 0.169. The van der Waals surface area contributed by atoms with Gasteiger partial charge in [0.05, 0.1) is 17.3 Å². The number of quaternary nitrogens is 1. The monoisotopic (exact) mass is 332 g/mol. The Balaban J connectivity index is 1.52. The highest BCUT2D eigenvalue weighted by atomic mass is 32.1. The van der Waals surface area contributed by atoms with Crippen LogP contribution in [0.5, 0.6) is 0 Å². The Kier molecular flexibility index (Phi) is 5.28. The molecule has 2 N–H and O–H groups in total. The Morgan fingerprint density at radius 1 is 1.35 bits per heavy atom. The maximum absolute atomic E-state index is 12.3. The molecule has 1 unspecified atom stereocenters. The Morgan fingerprint density at radius 2 is 2.13 bits per heavy atom.